The molecule has 60 valence electrons. The molecule has 0 atom stereocenters. The Labute approximate surface area is 78.1 Å². The Kier molecular flexibility index (Phi) is 2.83. The average Bonchev–Trinajstić information content (AvgIpc) is 2.09. The quantitative estimate of drug-likeness (QED) is 0.742. The molecule has 0 radical (unpaired) electrons. The van der Waals surface area contributed by atoms with E-state index in [4.69, 9.17) is 5.26 Å². The van der Waals surface area contributed by atoms with E-state index >= 15 is 0 Å². The Bertz CT molecular complexity index is 326. The van der Waals surface area contributed by atoms with Gasteiger partial charge in [0.05, 0.1) is 0 Å². The van der Waals surface area contributed by atoms with E-state index in [1.807, 2.05) is 0 Å². The van der Waals surface area contributed by atoms with Crippen LogP contribution in [-0.2, 0) is 4.79 Å². The molecule has 1 aromatic rings. The molecule has 0 spiro atoms. The minimum atomic E-state index is -0.655. The van der Waals surface area contributed by atoms with Crippen LogP contribution in [0.5, 0.6) is 0 Å². The van der Waals surface area contributed by atoms with E-state index in [0.29, 0.717) is 5.69 Å². The summed E-state index contributed by atoms with van der Waals surface area (Å²) < 4.78 is 0.928. The van der Waals surface area contributed by atoms with E-state index in [1.54, 1.807) is 24.3 Å². The van der Waals surface area contributed by atoms with Crippen LogP contribution in [0.2, 0.25) is 0 Å². The number of hydrogen-bond donors (Lipinski definition) is 1. The zero-order valence-corrected chi connectivity index (χ0v) is 7.63. The smallest absolute Gasteiger partial charge is 0.313 e. The number of carbonyl (C=O) groups is 1. The average molecular weight is 225 g/mol. The zero-order valence-electron chi connectivity index (χ0n) is 6.04. The van der Waals surface area contributed by atoms with Crippen LogP contribution in [0.1, 0.15) is 0 Å². The molecule has 1 amide bonds. The van der Waals surface area contributed by atoms with Gasteiger partial charge in [-0.3, -0.25) is 4.79 Å². The fraction of sp³-hybridized carbons (Fsp3) is 0. The predicted octanol–water partition coefficient (Wildman–Crippen LogP) is 1.91. The number of nitriles is 1. The van der Waals surface area contributed by atoms with Crippen molar-refractivity contribution in [2.24, 2.45) is 0 Å². The lowest BCUT2D eigenvalue weighted by Gasteiger charge is -1.98. The van der Waals surface area contributed by atoms with Gasteiger partial charge in [-0.05, 0) is 24.3 Å². The molecule has 0 saturated heterocycles. The molecule has 0 heterocycles. The maximum atomic E-state index is 10.6. The van der Waals surface area contributed by atoms with Gasteiger partial charge in [0.1, 0.15) is 0 Å². The number of nitrogens with zero attached hydrogens (tertiary/aromatic N) is 1. The van der Waals surface area contributed by atoms with Crippen molar-refractivity contribution >= 4 is 27.5 Å². The lowest BCUT2D eigenvalue weighted by molar-refractivity contribution is -0.111. The monoisotopic (exact) mass is 224 g/mol. The predicted molar refractivity (Wildman–Crippen MR) is 48.4 cm³/mol. The SMILES string of the molecule is N#CC(=O)Nc1ccc(Br)cc1. The fourth-order valence-electron chi connectivity index (χ4n) is 0.692. The van der Waals surface area contributed by atoms with Crippen LogP contribution in [0.3, 0.4) is 0 Å². The molecule has 0 bridgehead atoms. The molecule has 12 heavy (non-hydrogen) atoms. The van der Waals surface area contributed by atoms with Crippen molar-refractivity contribution in [2.75, 3.05) is 5.32 Å². The number of halogens is 1. The Hall–Kier alpha value is -1.34. The molecule has 0 aliphatic rings. The van der Waals surface area contributed by atoms with Crippen LogP contribution in [0, 0.1) is 11.3 Å². The number of anilines is 1. The van der Waals surface area contributed by atoms with E-state index in [9.17, 15) is 4.79 Å². The molecule has 1 rings (SSSR count). The molecule has 1 aromatic carbocycles. The molecular weight excluding hydrogens is 220 g/mol. The summed E-state index contributed by atoms with van der Waals surface area (Å²) in [6.07, 6.45) is 0. The zero-order chi connectivity index (χ0) is 8.97. The second kappa shape index (κ2) is 3.88. The van der Waals surface area contributed by atoms with Gasteiger partial charge >= 0.3 is 5.91 Å². The van der Waals surface area contributed by atoms with Crippen LogP contribution in [0.15, 0.2) is 28.7 Å². The van der Waals surface area contributed by atoms with Crippen LogP contribution < -0.4 is 5.32 Å². The highest BCUT2D eigenvalue weighted by Gasteiger charge is 1.97. The van der Waals surface area contributed by atoms with Crippen LogP contribution in [0.4, 0.5) is 5.69 Å². The fourth-order valence-corrected chi connectivity index (χ4v) is 0.957. The Balaban J connectivity index is 2.73. The third-order valence-electron chi connectivity index (χ3n) is 1.20. The molecule has 0 aromatic heterocycles. The topological polar surface area (TPSA) is 52.9 Å². The first-order chi connectivity index (χ1) is 5.72. The largest absolute Gasteiger partial charge is 0.326 e. The van der Waals surface area contributed by atoms with E-state index < -0.39 is 5.91 Å². The maximum Gasteiger partial charge on any atom is 0.326 e. The minimum Gasteiger partial charge on any atom is -0.313 e. The van der Waals surface area contributed by atoms with Gasteiger partial charge in [-0.15, -0.1) is 0 Å². The van der Waals surface area contributed by atoms with Gasteiger partial charge in [0, 0.05) is 10.2 Å². The molecule has 3 nitrogen and oxygen atoms in total. The van der Waals surface area contributed by atoms with Gasteiger partial charge in [-0.1, -0.05) is 15.9 Å². The van der Waals surface area contributed by atoms with Gasteiger partial charge in [-0.25, -0.2) is 0 Å². The highest BCUT2D eigenvalue weighted by molar-refractivity contribution is 9.10. The summed E-state index contributed by atoms with van der Waals surface area (Å²) in [6.45, 7) is 0. The molecule has 0 fully saturated rings. The summed E-state index contributed by atoms with van der Waals surface area (Å²) in [5.41, 5.74) is 0.616. The summed E-state index contributed by atoms with van der Waals surface area (Å²) >= 11 is 3.25. The Morgan fingerprint density at radius 3 is 2.50 bits per heavy atom. The van der Waals surface area contributed by atoms with E-state index in [0.717, 1.165) is 4.47 Å². The maximum absolute atomic E-state index is 10.6. The van der Waals surface area contributed by atoms with Crippen LogP contribution in [-0.4, -0.2) is 5.91 Å². The van der Waals surface area contributed by atoms with Gasteiger partial charge < -0.3 is 5.32 Å². The molecule has 0 aliphatic heterocycles. The third kappa shape index (κ3) is 2.36. The normalized spacial score (nSPS) is 8.67. The van der Waals surface area contributed by atoms with Gasteiger partial charge in [-0.2, -0.15) is 5.26 Å². The Morgan fingerprint density at radius 1 is 1.42 bits per heavy atom. The standard InChI is InChI=1S/C8H5BrN2O/c9-6-1-3-7(4-2-6)11-8(12)5-10/h1-4H,(H,11,12). The summed E-state index contributed by atoms with van der Waals surface area (Å²) in [4.78, 5) is 10.6. The number of nitrogens with one attached hydrogen (secondary N) is 1. The molecule has 0 unspecified atom stereocenters. The lowest BCUT2D eigenvalue weighted by atomic mass is 10.3. The second-order valence-electron chi connectivity index (χ2n) is 2.07. The lowest BCUT2D eigenvalue weighted by Crippen LogP contribution is -2.07. The van der Waals surface area contributed by atoms with E-state index in [-0.39, 0.29) is 0 Å². The van der Waals surface area contributed by atoms with Gasteiger partial charge in [0.25, 0.3) is 0 Å². The van der Waals surface area contributed by atoms with Crippen molar-refractivity contribution in [2.45, 2.75) is 0 Å². The van der Waals surface area contributed by atoms with E-state index in [2.05, 4.69) is 21.2 Å². The van der Waals surface area contributed by atoms with Crippen LogP contribution >= 0.6 is 15.9 Å². The molecule has 1 N–H and O–H groups in total. The molecule has 0 saturated carbocycles. The highest BCUT2D eigenvalue weighted by atomic mass is 79.9. The summed E-state index contributed by atoms with van der Waals surface area (Å²) in [7, 11) is 0. The number of amides is 1. The molecule has 0 aliphatic carbocycles. The van der Waals surface area contributed by atoms with Gasteiger partial charge in [0.15, 0.2) is 6.07 Å². The third-order valence-corrected chi connectivity index (χ3v) is 1.73. The molecular formula is C8H5BrN2O. The first kappa shape index (κ1) is 8.75. The van der Waals surface area contributed by atoms with Crippen LogP contribution in [0.25, 0.3) is 0 Å². The number of rotatable bonds is 1. The molecule has 4 heteroatoms. The first-order valence-electron chi connectivity index (χ1n) is 3.19. The number of hydrogen-bond acceptors (Lipinski definition) is 2. The summed E-state index contributed by atoms with van der Waals surface area (Å²) in [5.74, 6) is -0.655. The van der Waals surface area contributed by atoms with E-state index in [1.165, 1.54) is 6.07 Å². The van der Waals surface area contributed by atoms with Crippen molar-refractivity contribution < 1.29 is 4.79 Å². The van der Waals surface area contributed by atoms with Gasteiger partial charge in [0.2, 0.25) is 0 Å². The van der Waals surface area contributed by atoms with Crippen molar-refractivity contribution in [3.63, 3.8) is 0 Å². The highest BCUT2D eigenvalue weighted by Crippen LogP contribution is 2.13. The number of carbonyl (C=O) groups excluding carboxylic acids is 1. The minimum absolute atomic E-state index is 0.616. The van der Waals surface area contributed by atoms with Crippen molar-refractivity contribution in [3.05, 3.63) is 28.7 Å². The summed E-state index contributed by atoms with van der Waals surface area (Å²) in [5, 5.41) is 10.6. The Morgan fingerprint density at radius 2 is 2.00 bits per heavy atom. The first-order valence-corrected chi connectivity index (χ1v) is 3.98. The summed E-state index contributed by atoms with van der Waals surface area (Å²) in [6, 6.07) is 8.45. The van der Waals surface area contributed by atoms with Crippen molar-refractivity contribution in [1.29, 1.82) is 5.26 Å². The van der Waals surface area contributed by atoms with Crippen molar-refractivity contribution in [1.82, 2.24) is 0 Å². The van der Waals surface area contributed by atoms with Crippen molar-refractivity contribution in [3.8, 4) is 6.07 Å². The second-order valence-corrected chi connectivity index (χ2v) is 2.99. The number of benzene rings is 1.